The van der Waals surface area contributed by atoms with Crippen molar-refractivity contribution in [3.05, 3.63) is 24.0 Å². The fraction of sp³-hybridized carbons (Fsp3) is 0.615. The van der Waals surface area contributed by atoms with Crippen LogP contribution < -0.4 is 10.6 Å². The highest BCUT2D eigenvalue weighted by atomic mass is 32.2. The van der Waals surface area contributed by atoms with E-state index < -0.39 is 0 Å². The molecule has 102 valence electrons. The van der Waals surface area contributed by atoms with Crippen LogP contribution in [-0.2, 0) is 13.6 Å². The van der Waals surface area contributed by atoms with E-state index in [2.05, 4.69) is 44.9 Å². The molecule has 1 aromatic rings. The Morgan fingerprint density at radius 2 is 2.22 bits per heavy atom. The van der Waals surface area contributed by atoms with Gasteiger partial charge in [0.1, 0.15) is 0 Å². The average Bonchev–Trinajstić information content (AvgIpc) is 2.78. The van der Waals surface area contributed by atoms with Gasteiger partial charge >= 0.3 is 0 Å². The van der Waals surface area contributed by atoms with Crippen molar-refractivity contribution in [1.82, 2.24) is 15.2 Å². The van der Waals surface area contributed by atoms with Gasteiger partial charge in [0.2, 0.25) is 0 Å². The first-order valence-corrected chi connectivity index (χ1v) is 7.70. The highest BCUT2D eigenvalue weighted by molar-refractivity contribution is 7.98. The predicted molar refractivity (Wildman–Crippen MR) is 81.2 cm³/mol. The molecule has 0 aliphatic heterocycles. The second-order valence-electron chi connectivity index (χ2n) is 4.24. The third-order valence-electron chi connectivity index (χ3n) is 2.64. The van der Waals surface area contributed by atoms with Crippen molar-refractivity contribution in [2.45, 2.75) is 19.4 Å². The summed E-state index contributed by atoms with van der Waals surface area (Å²) in [5, 5.41) is 6.64. The van der Waals surface area contributed by atoms with E-state index in [4.69, 9.17) is 0 Å². The van der Waals surface area contributed by atoms with E-state index in [9.17, 15) is 0 Å². The van der Waals surface area contributed by atoms with Crippen LogP contribution in [0.5, 0.6) is 0 Å². The van der Waals surface area contributed by atoms with E-state index in [0.29, 0.717) is 0 Å². The Morgan fingerprint density at radius 1 is 1.39 bits per heavy atom. The number of hydrogen-bond donors (Lipinski definition) is 2. The number of hydrogen-bond acceptors (Lipinski definition) is 2. The summed E-state index contributed by atoms with van der Waals surface area (Å²) < 4.78 is 2.05. The topological polar surface area (TPSA) is 41.4 Å². The summed E-state index contributed by atoms with van der Waals surface area (Å²) >= 11 is 1.90. The van der Waals surface area contributed by atoms with E-state index in [0.717, 1.165) is 19.0 Å². The molecule has 5 heteroatoms. The number of nitrogens with zero attached hydrogens (tertiary/aromatic N) is 2. The summed E-state index contributed by atoms with van der Waals surface area (Å²) in [4.78, 5) is 4.21. The van der Waals surface area contributed by atoms with Crippen LogP contribution in [0.4, 0.5) is 0 Å². The van der Waals surface area contributed by atoms with Crippen molar-refractivity contribution >= 4 is 17.7 Å². The second kappa shape index (κ2) is 8.91. The first kappa shape index (κ1) is 15.0. The first-order valence-electron chi connectivity index (χ1n) is 6.30. The van der Waals surface area contributed by atoms with Gasteiger partial charge < -0.3 is 15.2 Å². The summed E-state index contributed by atoms with van der Waals surface area (Å²) in [6.07, 6.45) is 8.75. The number of aryl methyl sites for hydroxylation is 1. The van der Waals surface area contributed by atoms with Gasteiger partial charge in [-0.3, -0.25) is 4.99 Å². The number of rotatable bonds is 7. The lowest BCUT2D eigenvalue weighted by molar-refractivity contribution is 0.732. The molecular formula is C13H24N4S. The third-order valence-corrected chi connectivity index (χ3v) is 3.34. The molecule has 0 aliphatic carbocycles. The molecule has 0 amide bonds. The van der Waals surface area contributed by atoms with Crippen LogP contribution in [0.2, 0.25) is 0 Å². The number of unbranched alkanes of at least 4 members (excludes halogenated alkanes) is 1. The summed E-state index contributed by atoms with van der Waals surface area (Å²) in [5.74, 6) is 2.11. The molecule has 1 rings (SSSR count). The Labute approximate surface area is 114 Å². The zero-order chi connectivity index (χ0) is 13.2. The molecule has 0 fully saturated rings. The Morgan fingerprint density at radius 3 is 2.83 bits per heavy atom. The molecule has 0 aliphatic rings. The van der Waals surface area contributed by atoms with Gasteiger partial charge in [-0.2, -0.15) is 11.8 Å². The molecule has 18 heavy (non-hydrogen) atoms. The Kier molecular flexibility index (Phi) is 7.41. The summed E-state index contributed by atoms with van der Waals surface area (Å²) in [7, 11) is 3.84. The monoisotopic (exact) mass is 268 g/mol. The highest BCUT2D eigenvalue weighted by Crippen LogP contribution is 1.99. The predicted octanol–water partition coefficient (Wildman–Crippen LogP) is 1.83. The Balaban J connectivity index is 2.18. The van der Waals surface area contributed by atoms with Crippen molar-refractivity contribution in [2.24, 2.45) is 12.0 Å². The average molecular weight is 268 g/mol. The molecule has 0 aromatic carbocycles. The van der Waals surface area contributed by atoms with Crippen LogP contribution >= 0.6 is 11.8 Å². The van der Waals surface area contributed by atoms with Gasteiger partial charge in [0.05, 0.1) is 0 Å². The summed E-state index contributed by atoms with van der Waals surface area (Å²) in [5.41, 5.74) is 1.27. The number of nitrogens with one attached hydrogen (secondary N) is 2. The fourth-order valence-corrected chi connectivity index (χ4v) is 2.14. The fourth-order valence-electron chi connectivity index (χ4n) is 1.65. The molecule has 0 saturated heterocycles. The largest absolute Gasteiger partial charge is 0.357 e. The zero-order valence-electron chi connectivity index (χ0n) is 11.6. The molecule has 1 aromatic heterocycles. The maximum absolute atomic E-state index is 4.21. The molecule has 0 saturated carbocycles. The van der Waals surface area contributed by atoms with Crippen molar-refractivity contribution in [3.8, 4) is 0 Å². The minimum absolute atomic E-state index is 0.811. The maximum Gasteiger partial charge on any atom is 0.191 e. The Hall–Kier alpha value is -1.10. The van der Waals surface area contributed by atoms with Crippen LogP contribution in [0.25, 0.3) is 0 Å². The van der Waals surface area contributed by atoms with Crippen LogP contribution in [0.1, 0.15) is 18.4 Å². The number of aliphatic imine (C=N–C) groups is 1. The summed E-state index contributed by atoms with van der Waals surface area (Å²) in [6.45, 7) is 1.79. The molecule has 0 atom stereocenters. The van der Waals surface area contributed by atoms with E-state index in [1.165, 1.54) is 24.2 Å². The smallest absolute Gasteiger partial charge is 0.191 e. The van der Waals surface area contributed by atoms with Gasteiger partial charge in [0.15, 0.2) is 5.96 Å². The van der Waals surface area contributed by atoms with Crippen molar-refractivity contribution in [2.75, 3.05) is 25.6 Å². The number of thioether (sulfide) groups is 1. The van der Waals surface area contributed by atoms with Crippen LogP contribution in [0.3, 0.4) is 0 Å². The minimum Gasteiger partial charge on any atom is -0.357 e. The van der Waals surface area contributed by atoms with E-state index in [1.54, 1.807) is 0 Å². The molecule has 0 spiro atoms. The summed E-state index contributed by atoms with van der Waals surface area (Å²) in [6, 6.07) is 2.11. The van der Waals surface area contributed by atoms with Gasteiger partial charge in [0.25, 0.3) is 0 Å². The van der Waals surface area contributed by atoms with Gasteiger partial charge in [-0.05, 0) is 36.5 Å². The molecule has 1 heterocycles. The lowest BCUT2D eigenvalue weighted by Gasteiger charge is -2.11. The Bertz CT molecular complexity index is 360. The van der Waals surface area contributed by atoms with Gasteiger partial charge in [0, 0.05) is 39.6 Å². The SMILES string of the molecule is CN=C(NCCCCSC)NCc1ccn(C)c1. The van der Waals surface area contributed by atoms with E-state index in [1.807, 2.05) is 25.9 Å². The minimum atomic E-state index is 0.811. The van der Waals surface area contributed by atoms with Crippen LogP contribution in [-0.4, -0.2) is 36.1 Å². The lowest BCUT2D eigenvalue weighted by atomic mass is 10.3. The quantitative estimate of drug-likeness (QED) is 0.450. The van der Waals surface area contributed by atoms with Crippen molar-refractivity contribution in [3.63, 3.8) is 0 Å². The number of guanidine groups is 1. The zero-order valence-corrected chi connectivity index (χ0v) is 12.4. The van der Waals surface area contributed by atoms with Gasteiger partial charge in [-0.25, -0.2) is 0 Å². The van der Waals surface area contributed by atoms with Crippen LogP contribution in [0.15, 0.2) is 23.5 Å². The van der Waals surface area contributed by atoms with Gasteiger partial charge in [-0.15, -0.1) is 0 Å². The maximum atomic E-state index is 4.21. The first-order chi connectivity index (χ1) is 8.76. The molecule has 0 unspecified atom stereocenters. The molecule has 0 radical (unpaired) electrons. The molecule has 4 nitrogen and oxygen atoms in total. The highest BCUT2D eigenvalue weighted by Gasteiger charge is 1.98. The van der Waals surface area contributed by atoms with E-state index >= 15 is 0 Å². The van der Waals surface area contributed by atoms with Crippen LogP contribution in [0, 0.1) is 0 Å². The van der Waals surface area contributed by atoms with Gasteiger partial charge in [-0.1, -0.05) is 0 Å². The van der Waals surface area contributed by atoms with Crippen molar-refractivity contribution in [1.29, 1.82) is 0 Å². The van der Waals surface area contributed by atoms with E-state index in [-0.39, 0.29) is 0 Å². The second-order valence-corrected chi connectivity index (χ2v) is 5.22. The standard InChI is InChI=1S/C13H24N4S/c1-14-13(15-7-4-5-9-18-3)16-10-12-6-8-17(2)11-12/h6,8,11H,4-5,7,9-10H2,1-3H3,(H2,14,15,16). The molecule has 0 bridgehead atoms. The molecule has 2 N–H and O–H groups in total. The lowest BCUT2D eigenvalue weighted by Crippen LogP contribution is -2.37. The number of aromatic nitrogens is 1. The molecular weight excluding hydrogens is 244 g/mol. The third kappa shape index (κ3) is 6.00. The normalized spacial score (nSPS) is 11.6. The van der Waals surface area contributed by atoms with Crippen molar-refractivity contribution < 1.29 is 0 Å².